The highest BCUT2D eigenvalue weighted by atomic mass is 32.2. The molecule has 12 atom stereocenters. The van der Waals surface area contributed by atoms with Crippen molar-refractivity contribution < 1.29 is 98.4 Å². The number of sulfone groups is 2. The molecule has 0 spiro atoms. The van der Waals surface area contributed by atoms with Gasteiger partial charge in [0.2, 0.25) is 41.4 Å². The van der Waals surface area contributed by atoms with Gasteiger partial charge in [-0.1, -0.05) is 159 Å². The van der Waals surface area contributed by atoms with E-state index in [1.165, 1.54) is 74.7 Å². The Hall–Kier alpha value is -10.2. The quantitative estimate of drug-likeness (QED) is 0.0135. The summed E-state index contributed by atoms with van der Waals surface area (Å²) in [5, 5.41) is 30.2. The van der Waals surface area contributed by atoms with Crippen molar-refractivity contribution in [2.75, 3.05) is 91.2 Å². The van der Waals surface area contributed by atoms with Gasteiger partial charge in [0.25, 0.3) is 5.91 Å². The minimum absolute atomic E-state index is 0.00102. The number of rotatable bonds is 49. The van der Waals surface area contributed by atoms with Crippen molar-refractivity contribution in [1.82, 2.24) is 46.6 Å². The lowest BCUT2D eigenvalue weighted by Gasteiger charge is -2.41. The number of likely N-dealkylation sites (N-methyl/N-ethyl adjacent to an activating group) is 2. The van der Waals surface area contributed by atoms with Crippen molar-refractivity contribution in [2.24, 2.45) is 41.2 Å². The standard InChI is InChI=1S/C89H127N11O21S2/c1-17-59(10)78(72(117-15)49-74(102)100-45-22-26-71(100)81(118-16)60(11)82(105)93-61(12)79(103)63-23-19-18-20-24-63)98(13)87(110)76(55(4)5)97-86(109)77(56(6)7)99(14)89(112)121-50-62-31-37-67(38-32-62)94-84(107)70(25-21-43-92-88(90)111)95-85(108)75(54(2)3)96-73(101)51-120-48-47-119-46-44-91-83(106)65-35-33-64(34-36-65)80(104)66(52-122(113,114)68-39-27-57(8)28-40-68)53-123(115,116)69-41-29-58(9)30-42-69/h18-20,23-24,27-42,54-56,59-61,66,70-72,75-79,81,103H,17,21-22,25-26,43-53H2,1-16H3,(H,91,106)(H,93,105)(H,94,107)(H,95,108)(H,96,101)(H,97,109)(H3,90,92,111)/t59-,60+,61+,70-,71-,72+,75-,76-,77-,78+,79+,81+/m0/s1. The summed E-state index contributed by atoms with van der Waals surface area (Å²) in [6.45, 7) is 21.1. The smallest absolute Gasteiger partial charge is 0.410 e. The maximum Gasteiger partial charge on any atom is 0.410 e. The second-order valence-electron chi connectivity index (χ2n) is 32.5. The average molecular weight is 1750 g/mol. The van der Waals surface area contributed by atoms with Gasteiger partial charge in [0.1, 0.15) is 37.4 Å². The van der Waals surface area contributed by atoms with Crippen molar-refractivity contribution in [3.63, 3.8) is 0 Å². The Bertz CT molecular complexity index is 4490. The van der Waals surface area contributed by atoms with Crippen LogP contribution in [-0.4, -0.2) is 242 Å². The number of carbonyl (C=O) groups excluding carboxylic acids is 11. The third kappa shape index (κ3) is 30.3. The van der Waals surface area contributed by atoms with Crippen LogP contribution in [0.15, 0.2) is 137 Å². The summed E-state index contributed by atoms with van der Waals surface area (Å²) in [5.41, 5.74) is 8.49. The molecule has 1 aliphatic rings. The van der Waals surface area contributed by atoms with Gasteiger partial charge in [-0.3, -0.25) is 48.1 Å². The fourth-order valence-electron chi connectivity index (χ4n) is 14.8. The molecule has 0 radical (unpaired) electrons. The van der Waals surface area contributed by atoms with E-state index in [4.69, 9.17) is 29.4 Å². The monoisotopic (exact) mass is 1750 g/mol. The van der Waals surface area contributed by atoms with Gasteiger partial charge < -0.3 is 81.5 Å². The van der Waals surface area contributed by atoms with E-state index in [9.17, 15) is 74.7 Å². The zero-order valence-corrected chi connectivity index (χ0v) is 75.2. The molecule has 11 amide bonds. The molecule has 6 rings (SSSR count). The van der Waals surface area contributed by atoms with Gasteiger partial charge in [-0.25, -0.2) is 26.4 Å². The van der Waals surface area contributed by atoms with Gasteiger partial charge in [-0.15, -0.1) is 0 Å². The molecule has 10 N–H and O–H groups in total. The van der Waals surface area contributed by atoms with Crippen LogP contribution in [0.4, 0.5) is 15.3 Å². The Morgan fingerprint density at radius 1 is 0.610 bits per heavy atom. The number of aliphatic hydroxyl groups excluding tert-OH is 1. The molecule has 0 aromatic heterocycles. The number of nitrogens with one attached hydrogen (secondary N) is 7. The number of aliphatic hydroxyl groups is 1. The number of nitrogens with zero attached hydrogens (tertiary/aromatic N) is 3. The van der Waals surface area contributed by atoms with Crippen LogP contribution in [0.3, 0.4) is 0 Å². The molecule has 0 bridgehead atoms. The van der Waals surface area contributed by atoms with Crippen molar-refractivity contribution in [1.29, 1.82) is 0 Å². The Morgan fingerprint density at radius 3 is 1.73 bits per heavy atom. The lowest BCUT2D eigenvalue weighted by Crippen LogP contribution is -2.60. The SMILES string of the molecule is CC[C@H](C)[C@H]([C@@H](CC(=O)N1CCC[C@H]1[C@H](OC)[C@@H](C)C(=O)N[C@H](C)[C@@H](O)c1ccccc1)OC)N(C)C(=O)[C@@H](NC(=O)[C@H](C(C)C)N(C)C(=O)OCc1ccc(NC(=O)[C@H](CCCNC(N)=O)NC(=O)[C@@H](NC(=O)COCCOCCNC(=O)c2ccc(C(=O)C(CS(=O)(=O)c3ccc(C)cc3)CS(=O)(=O)c3ccc(C)cc3)cc2)C(C)C)cc1)C(C)C. The highest BCUT2D eigenvalue weighted by molar-refractivity contribution is 7.92. The fraction of sp³-hybridized carbons (Fsp3) is 0.539. The van der Waals surface area contributed by atoms with Gasteiger partial charge in [0, 0.05) is 64.8 Å². The molecule has 0 aliphatic carbocycles. The molecule has 1 aliphatic heterocycles. The van der Waals surface area contributed by atoms with Gasteiger partial charge in [-0.2, -0.15) is 0 Å². The van der Waals surface area contributed by atoms with Crippen molar-refractivity contribution in [3.8, 4) is 0 Å². The molecule has 32 nitrogen and oxygen atoms in total. The molecule has 123 heavy (non-hydrogen) atoms. The van der Waals surface area contributed by atoms with Crippen molar-refractivity contribution >= 4 is 90.5 Å². The van der Waals surface area contributed by atoms with E-state index >= 15 is 0 Å². The maximum absolute atomic E-state index is 14.9. The van der Waals surface area contributed by atoms with Crippen LogP contribution < -0.4 is 43.0 Å². The number of nitrogens with two attached hydrogens (primary N) is 1. The summed E-state index contributed by atoms with van der Waals surface area (Å²) in [7, 11) is -2.23. The number of ether oxygens (including phenoxy) is 5. The van der Waals surface area contributed by atoms with E-state index in [1.54, 1.807) is 142 Å². The number of anilines is 1. The largest absolute Gasteiger partial charge is 0.445 e. The number of urea groups is 1. The van der Waals surface area contributed by atoms with E-state index in [2.05, 4.69) is 37.2 Å². The Labute approximate surface area is 723 Å². The Kier molecular flexibility index (Phi) is 40.2. The first-order valence-electron chi connectivity index (χ1n) is 41.7. The summed E-state index contributed by atoms with van der Waals surface area (Å²) in [6.07, 6.45) is -1.34. The molecular formula is C89H127N11O21S2. The fourth-order valence-corrected chi connectivity index (χ4v) is 18.0. The molecule has 1 saturated heterocycles. The minimum atomic E-state index is -4.13. The van der Waals surface area contributed by atoms with Gasteiger partial charge in [-0.05, 0) is 130 Å². The Morgan fingerprint density at radius 2 is 1.19 bits per heavy atom. The number of likely N-dealkylation sites (tertiary alicyclic amines) is 1. The van der Waals surface area contributed by atoms with E-state index < -0.39 is 181 Å². The number of benzene rings is 5. The topological polar surface area (TPSA) is 442 Å². The number of methoxy groups -OCH3 is 2. The normalized spacial score (nSPS) is 15.7. The molecule has 34 heteroatoms. The summed E-state index contributed by atoms with van der Waals surface area (Å²) in [4.78, 5) is 156. The number of hydrogen-bond acceptors (Lipinski definition) is 21. The number of primary amides is 1. The summed E-state index contributed by atoms with van der Waals surface area (Å²) in [6, 6.07) is 25.6. The summed E-state index contributed by atoms with van der Waals surface area (Å²) < 4.78 is 83.3. The predicted molar refractivity (Wildman–Crippen MR) is 464 cm³/mol. The molecule has 1 fully saturated rings. The van der Waals surface area contributed by atoms with E-state index in [-0.39, 0.29) is 97.4 Å². The first-order chi connectivity index (χ1) is 58.1. The predicted octanol–water partition coefficient (Wildman–Crippen LogP) is 7.42. The second kappa shape index (κ2) is 48.7. The van der Waals surface area contributed by atoms with Crippen LogP contribution in [0.2, 0.25) is 0 Å². The number of Topliss-reactive ketones (excluding diaryl/α,β-unsaturated/α-hetero) is 1. The van der Waals surface area contributed by atoms with Crippen LogP contribution in [0.25, 0.3) is 0 Å². The number of aryl methyl sites for hydroxylation is 2. The molecule has 0 saturated carbocycles. The molecule has 676 valence electrons. The third-order valence-corrected chi connectivity index (χ3v) is 25.7. The zero-order chi connectivity index (χ0) is 91.2. The van der Waals surface area contributed by atoms with Crippen LogP contribution in [0, 0.1) is 49.4 Å². The summed E-state index contributed by atoms with van der Waals surface area (Å²) in [5.74, 6) is -10.3. The lowest BCUT2D eigenvalue weighted by atomic mass is 9.89. The number of hydrogen-bond donors (Lipinski definition) is 9. The Balaban J connectivity index is 0.969. The first-order valence-corrected chi connectivity index (χ1v) is 45.0. The highest BCUT2D eigenvalue weighted by Gasteiger charge is 2.45. The first kappa shape index (κ1) is 102. The molecule has 5 aromatic rings. The van der Waals surface area contributed by atoms with Crippen molar-refractivity contribution in [2.45, 2.75) is 199 Å². The van der Waals surface area contributed by atoms with Crippen molar-refractivity contribution in [3.05, 3.63) is 161 Å². The van der Waals surface area contributed by atoms with Gasteiger partial charge >= 0.3 is 12.1 Å². The van der Waals surface area contributed by atoms with Gasteiger partial charge in [0.05, 0.1) is 95.8 Å². The number of amides is 11. The van der Waals surface area contributed by atoms with Crippen LogP contribution >= 0.6 is 0 Å². The third-order valence-electron chi connectivity index (χ3n) is 22.1. The zero-order valence-electron chi connectivity index (χ0n) is 73.5. The molecule has 1 heterocycles. The number of carbonyl (C=O) groups is 11. The van der Waals surface area contributed by atoms with E-state index in [1.807, 2.05) is 32.0 Å². The van der Waals surface area contributed by atoms with Crippen LogP contribution in [0.5, 0.6) is 0 Å². The van der Waals surface area contributed by atoms with Crippen LogP contribution in [-0.2, 0) is 83.5 Å². The van der Waals surface area contributed by atoms with Crippen LogP contribution in [0.1, 0.15) is 157 Å². The average Bonchev–Trinajstić information content (AvgIpc) is 1.57. The van der Waals surface area contributed by atoms with E-state index in [0.29, 0.717) is 42.6 Å². The number of ketones is 1. The molecule has 5 aromatic carbocycles. The summed E-state index contributed by atoms with van der Waals surface area (Å²) >= 11 is 0. The van der Waals surface area contributed by atoms with E-state index in [0.717, 1.165) is 16.0 Å². The van der Waals surface area contributed by atoms with Gasteiger partial charge in [0.15, 0.2) is 25.5 Å². The lowest BCUT2D eigenvalue weighted by molar-refractivity contribution is -0.148. The minimum Gasteiger partial charge on any atom is -0.445 e. The molecule has 0 unspecified atom stereocenters. The second-order valence-corrected chi connectivity index (χ2v) is 36.6. The molecular weight excluding hydrogens is 1620 g/mol. The maximum atomic E-state index is 14.9. The highest BCUT2D eigenvalue weighted by Crippen LogP contribution is 2.32.